The summed E-state index contributed by atoms with van der Waals surface area (Å²) in [4.78, 5) is 22.0. The van der Waals surface area contributed by atoms with Crippen LogP contribution in [0, 0.1) is 6.92 Å². The third-order valence-electron chi connectivity index (χ3n) is 3.09. The van der Waals surface area contributed by atoms with E-state index in [1.807, 2.05) is 6.92 Å². The highest BCUT2D eigenvalue weighted by molar-refractivity contribution is 5.61. The van der Waals surface area contributed by atoms with Crippen molar-refractivity contribution in [3.63, 3.8) is 0 Å². The molecule has 21 heavy (non-hydrogen) atoms. The van der Waals surface area contributed by atoms with Gasteiger partial charge in [-0.25, -0.2) is 4.98 Å². The zero-order valence-electron chi connectivity index (χ0n) is 11.5. The highest BCUT2D eigenvalue weighted by atomic mass is 16.5. The zero-order valence-corrected chi connectivity index (χ0v) is 11.5. The molecule has 0 aliphatic rings. The molecule has 0 bridgehead atoms. The molecule has 0 saturated carbocycles. The van der Waals surface area contributed by atoms with Crippen molar-refractivity contribution in [2.75, 3.05) is 7.11 Å². The fourth-order valence-corrected chi connectivity index (χ4v) is 2.00. The standard InChI is InChI=1S/C14H13N5O2/c1-8-11(16-7-15-8)13-17-14(20)12(18-19-13)9-4-3-5-10(6-9)21-2/h3-7H,1-2H3,(H,15,16)(H,17,19,20). The van der Waals surface area contributed by atoms with E-state index >= 15 is 0 Å². The van der Waals surface area contributed by atoms with E-state index in [1.165, 1.54) is 0 Å². The predicted octanol–water partition coefficient (Wildman–Crippen LogP) is 1.54. The average Bonchev–Trinajstić information content (AvgIpc) is 2.93. The summed E-state index contributed by atoms with van der Waals surface area (Å²) in [6, 6.07) is 7.10. The van der Waals surface area contributed by atoms with Crippen molar-refractivity contribution >= 4 is 0 Å². The molecule has 2 aromatic heterocycles. The first-order valence-corrected chi connectivity index (χ1v) is 6.31. The number of benzene rings is 1. The number of aromatic amines is 2. The molecule has 0 atom stereocenters. The summed E-state index contributed by atoms with van der Waals surface area (Å²) in [6.45, 7) is 1.85. The molecule has 0 unspecified atom stereocenters. The zero-order chi connectivity index (χ0) is 14.8. The Hall–Kier alpha value is -2.96. The fourth-order valence-electron chi connectivity index (χ4n) is 2.00. The van der Waals surface area contributed by atoms with Crippen molar-refractivity contribution in [1.82, 2.24) is 25.1 Å². The quantitative estimate of drug-likeness (QED) is 0.760. The minimum absolute atomic E-state index is 0.242. The van der Waals surface area contributed by atoms with Crippen LogP contribution in [-0.2, 0) is 0 Å². The highest BCUT2D eigenvalue weighted by Crippen LogP contribution is 2.20. The highest BCUT2D eigenvalue weighted by Gasteiger charge is 2.12. The van der Waals surface area contributed by atoms with Crippen LogP contribution in [0.15, 0.2) is 35.4 Å². The van der Waals surface area contributed by atoms with E-state index in [0.717, 1.165) is 5.69 Å². The number of imidazole rings is 1. The minimum atomic E-state index is -0.323. The molecule has 0 aliphatic carbocycles. The largest absolute Gasteiger partial charge is 0.497 e. The number of H-pyrrole nitrogens is 2. The number of nitrogens with one attached hydrogen (secondary N) is 2. The lowest BCUT2D eigenvalue weighted by Gasteiger charge is -2.03. The first-order valence-electron chi connectivity index (χ1n) is 6.31. The van der Waals surface area contributed by atoms with Crippen LogP contribution in [0.25, 0.3) is 22.8 Å². The van der Waals surface area contributed by atoms with E-state index in [0.29, 0.717) is 22.8 Å². The number of aryl methyl sites for hydroxylation is 1. The molecule has 106 valence electrons. The van der Waals surface area contributed by atoms with Crippen LogP contribution in [0.2, 0.25) is 0 Å². The minimum Gasteiger partial charge on any atom is -0.497 e. The molecule has 0 aliphatic heterocycles. The summed E-state index contributed by atoms with van der Waals surface area (Å²) in [5.74, 6) is 0.992. The number of methoxy groups -OCH3 is 1. The number of aromatic nitrogens is 5. The predicted molar refractivity (Wildman–Crippen MR) is 77.0 cm³/mol. The van der Waals surface area contributed by atoms with E-state index in [4.69, 9.17) is 4.74 Å². The van der Waals surface area contributed by atoms with E-state index in [9.17, 15) is 4.79 Å². The summed E-state index contributed by atoms with van der Waals surface area (Å²) in [7, 11) is 1.57. The van der Waals surface area contributed by atoms with Gasteiger partial charge >= 0.3 is 0 Å². The molecule has 2 heterocycles. The van der Waals surface area contributed by atoms with Gasteiger partial charge in [-0.1, -0.05) is 12.1 Å². The maximum Gasteiger partial charge on any atom is 0.278 e. The first-order chi connectivity index (χ1) is 10.2. The Morgan fingerprint density at radius 1 is 1.19 bits per heavy atom. The van der Waals surface area contributed by atoms with Crippen molar-refractivity contribution in [3.05, 3.63) is 46.6 Å². The number of rotatable bonds is 3. The monoisotopic (exact) mass is 283 g/mol. The maximum absolute atomic E-state index is 12.2. The number of hydrogen-bond acceptors (Lipinski definition) is 5. The Morgan fingerprint density at radius 2 is 2.05 bits per heavy atom. The van der Waals surface area contributed by atoms with E-state index < -0.39 is 0 Å². The van der Waals surface area contributed by atoms with Gasteiger partial charge in [-0.05, 0) is 19.1 Å². The van der Waals surface area contributed by atoms with Crippen LogP contribution in [0.1, 0.15) is 5.69 Å². The number of ether oxygens (including phenoxy) is 1. The molecule has 7 nitrogen and oxygen atoms in total. The van der Waals surface area contributed by atoms with Gasteiger partial charge in [0.2, 0.25) is 0 Å². The van der Waals surface area contributed by atoms with Crippen molar-refractivity contribution in [2.24, 2.45) is 0 Å². The Morgan fingerprint density at radius 3 is 2.71 bits per heavy atom. The lowest BCUT2D eigenvalue weighted by molar-refractivity contribution is 0.415. The second-order valence-electron chi connectivity index (χ2n) is 4.46. The molecule has 3 rings (SSSR count). The summed E-state index contributed by atoms with van der Waals surface area (Å²) in [5, 5.41) is 8.06. The molecule has 0 spiro atoms. The molecule has 0 amide bonds. The van der Waals surface area contributed by atoms with Crippen LogP contribution in [0.5, 0.6) is 5.75 Å². The lowest BCUT2D eigenvalue weighted by Crippen LogP contribution is -2.14. The van der Waals surface area contributed by atoms with Crippen LogP contribution in [0.3, 0.4) is 0 Å². The summed E-state index contributed by atoms with van der Waals surface area (Å²) < 4.78 is 5.14. The second kappa shape index (κ2) is 5.20. The van der Waals surface area contributed by atoms with Gasteiger partial charge in [0.25, 0.3) is 5.56 Å². The van der Waals surface area contributed by atoms with Crippen molar-refractivity contribution < 1.29 is 4.74 Å². The molecule has 7 heteroatoms. The SMILES string of the molecule is COc1cccc(-c2nnc(-c3nc[nH]c3C)[nH]c2=O)c1. The topological polar surface area (TPSA) is 96.6 Å². The van der Waals surface area contributed by atoms with Crippen molar-refractivity contribution in [3.8, 4) is 28.5 Å². The maximum atomic E-state index is 12.2. The van der Waals surface area contributed by atoms with Crippen LogP contribution in [0.4, 0.5) is 0 Å². The van der Waals surface area contributed by atoms with Crippen molar-refractivity contribution in [2.45, 2.75) is 6.92 Å². The molecule has 0 fully saturated rings. The molecule has 0 radical (unpaired) electrons. The smallest absolute Gasteiger partial charge is 0.278 e. The molecule has 0 saturated heterocycles. The lowest BCUT2D eigenvalue weighted by atomic mass is 10.1. The third-order valence-corrected chi connectivity index (χ3v) is 3.09. The number of hydrogen-bond donors (Lipinski definition) is 2. The molecular weight excluding hydrogens is 270 g/mol. The fraction of sp³-hybridized carbons (Fsp3) is 0.143. The third kappa shape index (κ3) is 2.40. The normalized spacial score (nSPS) is 10.6. The summed E-state index contributed by atoms with van der Waals surface area (Å²) in [6.07, 6.45) is 1.54. The Labute approximate surface area is 120 Å². The van der Waals surface area contributed by atoms with E-state index in [1.54, 1.807) is 37.7 Å². The van der Waals surface area contributed by atoms with Crippen LogP contribution >= 0.6 is 0 Å². The average molecular weight is 283 g/mol. The van der Waals surface area contributed by atoms with Gasteiger partial charge in [0.15, 0.2) is 11.5 Å². The molecule has 1 aromatic carbocycles. The van der Waals surface area contributed by atoms with Gasteiger partial charge in [-0.15, -0.1) is 10.2 Å². The molecular formula is C14H13N5O2. The second-order valence-corrected chi connectivity index (χ2v) is 4.46. The van der Waals surface area contributed by atoms with Gasteiger partial charge in [-0.2, -0.15) is 0 Å². The van der Waals surface area contributed by atoms with Gasteiger partial charge in [0.1, 0.15) is 11.4 Å². The Bertz CT molecular complexity index is 837. The summed E-state index contributed by atoms with van der Waals surface area (Å²) >= 11 is 0. The summed E-state index contributed by atoms with van der Waals surface area (Å²) in [5.41, 5.74) is 1.96. The Kier molecular flexibility index (Phi) is 3.23. The van der Waals surface area contributed by atoms with Gasteiger partial charge < -0.3 is 14.7 Å². The van der Waals surface area contributed by atoms with Crippen molar-refractivity contribution in [1.29, 1.82) is 0 Å². The first kappa shape index (κ1) is 13.0. The van der Waals surface area contributed by atoms with Gasteiger partial charge in [0, 0.05) is 11.3 Å². The molecule has 2 N–H and O–H groups in total. The van der Waals surface area contributed by atoms with E-state index in [-0.39, 0.29) is 11.3 Å². The van der Waals surface area contributed by atoms with Crippen LogP contribution < -0.4 is 10.3 Å². The Balaban J connectivity index is 2.06. The van der Waals surface area contributed by atoms with Gasteiger partial charge in [-0.3, -0.25) is 4.79 Å². The number of nitrogens with zero attached hydrogens (tertiary/aromatic N) is 3. The van der Waals surface area contributed by atoms with E-state index in [2.05, 4.69) is 25.1 Å². The van der Waals surface area contributed by atoms with Crippen LogP contribution in [-0.4, -0.2) is 32.3 Å². The van der Waals surface area contributed by atoms with Gasteiger partial charge in [0.05, 0.1) is 13.4 Å². The molecule has 3 aromatic rings.